The van der Waals surface area contributed by atoms with Crippen molar-refractivity contribution in [1.82, 2.24) is 14.2 Å². The average Bonchev–Trinajstić information content (AvgIpc) is 3.52. The Kier molecular flexibility index (Phi) is 8.69. The van der Waals surface area contributed by atoms with Gasteiger partial charge in [-0.15, -0.1) is 0 Å². The molecule has 1 fully saturated rings. The highest BCUT2D eigenvalue weighted by molar-refractivity contribution is 7.47. The average molecular weight is 549 g/mol. The van der Waals surface area contributed by atoms with E-state index < -0.39 is 20.7 Å². The molecule has 0 aliphatic carbocycles. The van der Waals surface area contributed by atoms with Gasteiger partial charge < -0.3 is 19.1 Å². The second-order valence-electron chi connectivity index (χ2n) is 10.2. The van der Waals surface area contributed by atoms with Gasteiger partial charge in [-0.25, -0.2) is 13.9 Å². The van der Waals surface area contributed by atoms with Crippen LogP contribution in [0.5, 0.6) is 0 Å². The van der Waals surface area contributed by atoms with Crippen LogP contribution in [0.2, 0.25) is 0 Å². The van der Waals surface area contributed by atoms with E-state index in [1.807, 2.05) is 32.9 Å². The second kappa shape index (κ2) is 11.8. The minimum absolute atomic E-state index is 0.0359. The number of aromatic nitrogens is 3. The van der Waals surface area contributed by atoms with Gasteiger partial charge in [-0.2, -0.15) is 5.10 Å². The van der Waals surface area contributed by atoms with E-state index in [0.717, 1.165) is 11.3 Å². The molecule has 2 aromatic heterocycles. The Hall–Kier alpha value is -3.02. The van der Waals surface area contributed by atoms with Gasteiger partial charge in [0.1, 0.15) is 31.3 Å². The summed E-state index contributed by atoms with van der Waals surface area (Å²) in [6.45, 7) is 5.76. The summed E-state index contributed by atoms with van der Waals surface area (Å²) in [4.78, 5) is 21.8. The fraction of sp³-hybridized carbons (Fsp3) is 0.480. The van der Waals surface area contributed by atoms with Gasteiger partial charge >= 0.3 is 14.0 Å². The van der Waals surface area contributed by atoms with Gasteiger partial charge in [-0.3, -0.25) is 19.0 Å². The maximum Gasteiger partial charge on any atom is 0.508 e. The number of nitrogens with zero attached hydrogens (tertiary/aromatic N) is 3. The fourth-order valence-electron chi connectivity index (χ4n) is 3.84. The third-order valence-corrected chi connectivity index (χ3v) is 6.66. The standard InChI is InChI=1S/C25H33N4O8P/c1-25(2,3)15-34-24(30)33-14-19-9-12-22(37-19)20-10-11-21-23(26)28(16-27-29(20)21)17-36-38(31,32)35-13-18-7-5-4-6-8-18/h4-8,10-11,16,19,22,26H,9,12-15,17H2,1-3H3,(H,31,32)/t19-,22+/m0/s1. The maximum atomic E-state index is 12.3. The molecule has 3 heterocycles. The van der Waals surface area contributed by atoms with Gasteiger partial charge in [0, 0.05) is 0 Å². The predicted octanol–water partition coefficient (Wildman–Crippen LogP) is 4.33. The SMILES string of the molecule is CC(C)(C)COC(=O)OC[C@@H]1CC[C@H](c2ccc3c(=N)n(COP(=O)(O)OCc4ccccc4)cnn23)O1. The number of carbonyl (C=O) groups excluding carboxylic acids is 1. The first-order valence-corrected chi connectivity index (χ1v) is 13.7. The van der Waals surface area contributed by atoms with Gasteiger partial charge in [0.2, 0.25) is 0 Å². The molecule has 12 nitrogen and oxygen atoms in total. The second-order valence-corrected chi connectivity index (χ2v) is 11.7. The number of hydrogen-bond donors (Lipinski definition) is 2. The summed E-state index contributed by atoms with van der Waals surface area (Å²) in [5.41, 5.74) is 1.84. The van der Waals surface area contributed by atoms with Crippen LogP contribution < -0.4 is 5.49 Å². The van der Waals surface area contributed by atoms with Gasteiger partial charge in [0.25, 0.3) is 0 Å². The summed E-state index contributed by atoms with van der Waals surface area (Å²) in [5.74, 6) is 0. The van der Waals surface area contributed by atoms with E-state index in [0.29, 0.717) is 18.4 Å². The molecule has 38 heavy (non-hydrogen) atoms. The monoisotopic (exact) mass is 548 g/mol. The molecule has 0 radical (unpaired) electrons. The molecule has 13 heteroatoms. The van der Waals surface area contributed by atoms with Crippen molar-refractivity contribution < 1.29 is 37.5 Å². The van der Waals surface area contributed by atoms with Gasteiger partial charge in [0.15, 0.2) is 5.49 Å². The summed E-state index contributed by atoms with van der Waals surface area (Å²) in [5, 5.41) is 12.9. The van der Waals surface area contributed by atoms with Crippen LogP contribution in [0.25, 0.3) is 5.52 Å². The number of hydrogen-bond acceptors (Lipinski definition) is 9. The lowest BCUT2D eigenvalue weighted by Crippen LogP contribution is -2.25. The number of benzene rings is 1. The highest BCUT2D eigenvalue weighted by atomic mass is 31.2. The van der Waals surface area contributed by atoms with Gasteiger partial charge in [-0.1, -0.05) is 51.1 Å². The van der Waals surface area contributed by atoms with Crippen LogP contribution in [-0.4, -0.2) is 44.5 Å². The topological polar surface area (TPSA) is 147 Å². The summed E-state index contributed by atoms with van der Waals surface area (Å²) < 4.78 is 41.7. The molecule has 0 amide bonds. The number of carbonyl (C=O) groups is 1. The Bertz CT molecular complexity index is 1350. The third kappa shape index (κ3) is 7.52. The lowest BCUT2D eigenvalue weighted by Gasteiger charge is -2.18. The smallest absolute Gasteiger partial charge is 0.434 e. The molecular weight excluding hydrogens is 515 g/mol. The van der Waals surface area contributed by atoms with Gasteiger partial charge in [0.05, 0.1) is 25.0 Å². The summed E-state index contributed by atoms with van der Waals surface area (Å²) in [7, 11) is -4.35. The van der Waals surface area contributed by atoms with Crippen molar-refractivity contribution >= 4 is 19.5 Å². The molecule has 1 aliphatic heterocycles. The van der Waals surface area contributed by atoms with E-state index in [1.165, 1.54) is 10.9 Å². The first-order valence-electron chi connectivity index (χ1n) is 12.2. The molecule has 1 aliphatic rings. The Morgan fingerprint density at radius 3 is 2.66 bits per heavy atom. The number of phosphoric acid groups is 1. The maximum absolute atomic E-state index is 12.3. The van der Waals surface area contributed by atoms with Crippen LogP contribution in [-0.2, 0) is 41.2 Å². The van der Waals surface area contributed by atoms with E-state index >= 15 is 0 Å². The Balaban J connectivity index is 1.32. The molecule has 0 saturated carbocycles. The van der Waals surface area contributed by atoms with Crippen LogP contribution in [0.15, 0.2) is 48.8 Å². The Morgan fingerprint density at radius 2 is 1.92 bits per heavy atom. The van der Waals surface area contributed by atoms with E-state index in [9.17, 15) is 14.3 Å². The Labute approximate surface area is 220 Å². The lowest BCUT2D eigenvalue weighted by molar-refractivity contribution is -0.0231. The largest absolute Gasteiger partial charge is 0.508 e. The Morgan fingerprint density at radius 1 is 1.16 bits per heavy atom. The molecule has 2 N–H and O–H groups in total. The predicted molar refractivity (Wildman–Crippen MR) is 135 cm³/mol. The molecule has 4 rings (SSSR count). The molecule has 0 spiro atoms. The minimum Gasteiger partial charge on any atom is -0.434 e. The van der Waals surface area contributed by atoms with Crippen LogP contribution in [0.1, 0.15) is 51.0 Å². The number of nitrogens with one attached hydrogen (secondary N) is 1. The highest BCUT2D eigenvalue weighted by Crippen LogP contribution is 2.44. The normalized spacial score (nSPS) is 19.4. The van der Waals surface area contributed by atoms with Gasteiger partial charge in [-0.05, 0) is 36.0 Å². The van der Waals surface area contributed by atoms with Crippen molar-refractivity contribution in [2.24, 2.45) is 5.41 Å². The number of ether oxygens (including phenoxy) is 3. The van der Waals surface area contributed by atoms with Crippen molar-refractivity contribution in [3.8, 4) is 0 Å². The highest BCUT2D eigenvalue weighted by Gasteiger charge is 2.30. The third-order valence-electron chi connectivity index (χ3n) is 5.77. The molecule has 3 atom stereocenters. The molecule has 1 unspecified atom stereocenters. The van der Waals surface area contributed by atoms with Crippen molar-refractivity contribution in [2.45, 2.75) is 59.2 Å². The molecule has 1 saturated heterocycles. The van der Waals surface area contributed by atoms with E-state index in [4.69, 9.17) is 28.7 Å². The van der Waals surface area contributed by atoms with Crippen molar-refractivity contribution in [2.75, 3.05) is 13.2 Å². The lowest BCUT2D eigenvalue weighted by atomic mass is 9.99. The molecule has 1 aromatic carbocycles. The van der Waals surface area contributed by atoms with E-state index in [2.05, 4.69) is 5.10 Å². The quantitative estimate of drug-likeness (QED) is 0.279. The summed E-state index contributed by atoms with van der Waals surface area (Å²) >= 11 is 0. The van der Waals surface area contributed by atoms with Crippen LogP contribution in [0, 0.1) is 10.8 Å². The van der Waals surface area contributed by atoms with Crippen molar-refractivity contribution in [3.63, 3.8) is 0 Å². The summed E-state index contributed by atoms with van der Waals surface area (Å²) in [6, 6.07) is 12.5. The zero-order valence-corrected chi connectivity index (χ0v) is 22.5. The zero-order chi connectivity index (χ0) is 27.3. The van der Waals surface area contributed by atoms with E-state index in [1.54, 1.807) is 34.8 Å². The zero-order valence-electron chi connectivity index (χ0n) is 21.6. The molecule has 3 aromatic rings. The minimum atomic E-state index is -4.35. The number of rotatable bonds is 10. The van der Waals surface area contributed by atoms with Crippen molar-refractivity contribution in [3.05, 3.63) is 65.5 Å². The number of phosphoric ester groups is 1. The van der Waals surface area contributed by atoms with Crippen LogP contribution in [0.3, 0.4) is 0 Å². The molecular formula is C25H33N4O8P. The summed E-state index contributed by atoms with van der Waals surface area (Å²) in [6.07, 6.45) is 1.44. The fourth-order valence-corrected chi connectivity index (χ4v) is 4.50. The van der Waals surface area contributed by atoms with Crippen LogP contribution >= 0.6 is 7.82 Å². The van der Waals surface area contributed by atoms with Crippen molar-refractivity contribution in [1.29, 1.82) is 5.41 Å². The number of fused-ring (bicyclic) bond motifs is 1. The first-order chi connectivity index (χ1) is 18.0. The molecule has 0 bridgehead atoms. The van der Waals surface area contributed by atoms with Crippen LogP contribution in [0.4, 0.5) is 4.79 Å². The molecule has 206 valence electrons. The van der Waals surface area contributed by atoms with E-state index in [-0.39, 0.29) is 42.9 Å². The first kappa shape index (κ1) is 28.0.